The molecule has 5 nitrogen and oxygen atoms in total. The maximum absolute atomic E-state index is 5.90. The topological polar surface area (TPSA) is 33.5 Å². The summed E-state index contributed by atoms with van der Waals surface area (Å²) in [5, 5.41) is 4.54. The zero-order chi connectivity index (χ0) is 16.9. The van der Waals surface area contributed by atoms with E-state index in [1.807, 2.05) is 10.9 Å². The number of aromatic nitrogens is 2. The van der Waals surface area contributed by atoms with Crippen LogP contribution in [0, 0.1) is 6.92 Å². The predicted molar refractivity (Wildman–Crippen MR) is 96.5 cm³/mol. The van der Waals surface area contributed by atoms with E-state index in [1.54, 1.807) is 0 Å². The minimum absolute atomic E-state index is 0.340. The lowest BCUT2D eigenvalue weighted by Crippen LogP contribution is -2.42. The number of hydrogen-bond donors (Lipinski definition) is 0. The van der Waals surface area contributed by atoms with Gasteiger partial charge in [-0.1, -0.05) is 18.2 Å². The van der Waals surface area contributed by atoms with Gasteiger partial charge in [0.05, 0.1) is 24.6 Å². The molecule has 2 heterocycles. The highest BCUT2D eigenvalue weighted by molar-refractivity contribution is 5.39. The Labute approximate surface area is 144 Å². The summed E-state index contributed by atoms with van der Waals surface area (Å²) in [5.74, 6) is 0. The number of para-hydroxylation sites is 1. The van der Waals surface area contributed by atoms with Crippen LogP contribution in [0.25, 0.3) is 5.69 Å². The summed E-state index contributed by atoms with van der Waals surface area (Å²) in [6, 6.07) is 8.35. The molecule has 1 saturated heterocycles. The van der Waals surface area contributed by atoms with Gasteiger partial charge < -0.3 is 9.64 Å². The van der Waals surface area contributed by atoms with Gasteiger partial charge in [0, 0.05) is 37.9 Å². The van der Waals surface area contributed by atoms with E-state index in [9.17, 15) is 0 Å². The summed E-state index contributed by atoms with van der Waals surface area (Å²) in [7, 11) is 4.22. The van der Waals surface area contributed by atoms with Gasteiger partial charge in [-0.3, -0.25) is 4.90 Å². The Balaban J connectivity index is 1.59. The van der Waals surface area contributed by atoms with Gasteiger partial charge >= 0.3 is 0 Å². The molecule has 0 bridgehead atoms. The fourth-order valence-electron chi connectivity index (χ4n) is 3.15. The molecule has 24 heavy (non-hydrogen) atoms. The van der Waals surface area contributed by atoms with Crippen LogP contribution in [0.15, 0.2) is 36.7 Å². The molecule has 0 unspecified atom stereocenters. The third-order valence-electron chi connectivity index (χ3n) is 4.53. The molecule has 5 heteroatoms. The van der Waals surface area contributed by atoms with E-state index in [0.717, 1.165) is 44.9 Å². The number of rotatable bonds is 6. The van der Waals surface area contributed by atoms with Crippen LogP contribution in [-0.4, -0.2) is 66.0 Å². The lowest BCUT2D eigenvalue weighted by atomic mass is 10.2. The van der Waals surface area contributed by atoms with Gasteiger partial charge in [0.1, 0.15) is 0 Å². The summed E-state index contributed by atoms with van der Waals surface area (Å²) in [4.78, 5) is 4.69. The lowest BCUT2D eigenvalue weighted by molar-refractivity contribution is -0.0370. The van der Waals surface area contributed by atoms with E-state index in [1.165, 1.54) is 11.1 Å². The third kappa shape index (κ3) is 4.44. The maximum atomic E-state index is 5.90. The second-order valence-electron chi connectivity index (χ2n) is 6.90. The summed E-state index contributed by atoms with van der Waals surface area (Å²) >= 11 is 0. The Morgan fingerprint density at radius 3 is 2.92 bits per heavy atom. The average molecular weight is 328 g/mol. The fraction of sp³-hybridized carbons (Fsp3) is 0.526. The molecule has 0 spiro atoms. The van der Waals surface area contributed by atoms with Gasteiger partial charge in [-0.15, -0.1) is 0 Å². The van der Waals surface area contributed by atoms with Gasteiger partial charge in [0.25, 0.3) is 0 Å². The summed E-state index contributed by atoms with van der Waals surface area (Å²) in [6.07, 6.45) is 5.56. The minimum atomic E-state index is 0.340. The van der Waals surface area contributed by atoms with Crippen LogP contribution in [0.5, 0.6) is 0 Å². The second-order valence-corrected chi connectivity index (χ2v) is 6.90. The van der Waals surface area contributed by atoms with Crippen molar-refractivity contribution in [3.8, 4) is 5.69 Å². The molecule has 1 atom stereocenters. The van der Waals surface area contributed by atoms with Crippen molar-refractivity contribution in [2.75, 3.05) is 40.3 Å². The Kier molecular flexibility index (Phi) is 5.66. The monoisotopic (exact) mass is 328 g/mol. The molecule has 1 aromatic carbocycles. The van der Waals surface area contributed by atoms with Crippen LogP contribution >= 0.6 is 0 Å². The number of ether oxygens (including phenoxy) is 1. The molecule has 0 N–H and O–H groups in total. The largest absolute Gasteiger partial charge is 0.376 e. The molecule has 130 valence electrons. The SMILES string of the molecule is Cc1ccccc1-n1cc(CN2CCO[C@@H](CCN(C)C)C2)cn1. The number of morpholine rings is 1. The molecule has 0 amide bonds. The van der Waals surface area contributed by atoms with Crippen molar-refractivity contribution in [3.63, 3.8) is 0 Å². The van der Waals surface area contributed by atoms with Crippen molar-refractivity contribution < 1.29 is 4.74 Å². The summed E-state index contributed by atoms with van der Waals surface area (Å²) < 4.78 is 7.88. The summed E-state index contributed by atoms with van der Waals surface area (Å²) in [5.41, 5.74) is 3.64. The van der Waals surface area contributed by atoms with Crippen molar-refractivity contribution in [2.45, 2.75) is 26.0 Å². The maximum Gasteiger partial charge on any atom is 0.0714 e. The van der Waals surface area contributed by atoms with Gasteiger partial charge in [0.2, 0.25) is 0 Å². The molecule has 3 rings (SSSR count). The average Bonchev–Trinajstić information content (AvgIpc) is 3.02. The first-order valence-corrected chi connectivity index (χ1v) is 8.70. The van der Waals surface area contributed by atoms with Crippen LogP contribution in [-0.2, 0) is 11.3 Å². The van der Waals surface area contributed by atoms with Gasteiger partial charge in [-0.2, -0.15) is 5.10 Å². The van der Waals surface area contributed by atoms with Crippen molar-refractivity contribution in [1.82, 2.24) is 19.6 Å². The molecule has 2 aromatic rings. The van der Waals surface area contributed by atoms with Crippen LogP contribution in [0.4, 0.5) is 0 Å². The Morgan fingerprint density at radius 1 is 1.29 bits per heavy atom. The second kappa shape index (κ2) is 7.92. The number of hydrogen-bond acceptors (Lipinski definition) is 4. The lowest BCUT2D eigenvalue weighted by Gasteiger charge is -2.33. The fourth-order valence-corrected chi connectivity index (χ4v) is 3.15. The van der Waals surface area contributed by atoms with Crippen molar-refractivity contribution >= 4 is 0 Å². The molecule has 0 saturated carbocycles. The van der Waals surface area contributed by atoms with E-state index < -0.39 is 0 Å². The first kappa shape index (κ1) is 17.1. The van der Waals surface area contributed by atoms with Crippen molar-refractivity contribution in [1.29, 1.82) is 0 Å². The molecular weight excluding hydrogens is 300 g/mol. The zero-order valence-electron chi connectivity index (χ0n) is 15.0. The van der Waals surface area contributed by atoms with Gasteiger partial charge in [0.15, 0.2) is 0 Å². The highest BCUT2D eigenvalue weighted by Gasteiger charge is 2.21. The van der Waals surface area contributed by atoms with E-state index in [2.05, 4.69) is 66.4 Å². The Morgan fingerprint density at radius 2 is 2.12 bits per heavy atom. The van der Waals surface area contributed by atoms with E-state index >= 15 is 0 Å². The molecule has 1 aromatic heterocycles. The quantitative estimate of drug-likeness (QED) is 0.815. The van der Waals surface area contributed by atoms with Gasteiger partial charge in [-0.05, 0) is 39.1 Å². The molecule has 1 aliphatic heterocycles. The Hall–Kier alpha value is -1.69. The molecular formula is C19H28N4O. The third-order valence-corrected chi connectivity index (χ3v) is 4.53. The number of nitrogens with zero attached hydrogens (tertiary/aromatic N) is 4. The highest BCUT2D eigenvalue weighted by atomic mass is 16.5. The molecule has 1 aliphatic rings. The van der Waals surface area contributed by atoms with E-state index in [4.69, 9.17) is 4.74 Å². The predicted octanol–water partition coefficient (Wildman–Crippen LogP) is 2.33. The zero-order valence-corrected chi connectivity index (χ0v) is 15.0. The van der Waals surface area contributed by atoms with Gasteiger partial charge in [-0.25, -0.2) is 4.68 Å². The van der Waals surface area contributed by atoms with Crippen molar-refractivity contribution in [2.24, 2.45) is 0 Å². The van der Waals surface area contributed by atoms with Crippen LogP contribution in [0.2, 0.25) is 0 Å². The number of aryl methyl sites for hydroxylation is 1. The van der Waals surface area contributed by atoms with Crippen LogP contribution in [0.1, 0.15) is 17.5 Å². The van der Waals surface area contributed by atoms with Crippen LogP contribution < -0.4 is 0 Å². The molecule has 0 radical (unpaired) electrons. The van der Waals surface area contributed by atoms with E-state index in [-0.39, 0.29) is 0 Å². The first-order valence-electron chi connectivity index (χ1n) is 8.70. The standard InChI is InChI=1S/C19H28N4O/c1-16-6-4-5-7-19(16)23-14-17(12-20-23)13-22-10-11-24-18(15-22)8-9-21(2)3/h4-7,12,14,18H,8-11,13,15H2,1-3H3/t18-/m0/s1. The first-order chi connectivity index (χ1) is 11.6. The minimum Gasteiger partial charge on any atom is -0.376 e. The molecule has 0 aliphatic carbocycles. The van der Waals surface area contributed by atoms with Crippen molar-refractivity contribution in [3.05, 3.63) is 47.8 Å². The highest BCUT2D eigenvalue weighted by Crippen LogP contribution is 2.16. The summed E-state index contributed by atoms with van der Waals surface area (Å²) in [6.45, 7) is 6.95. The number of benzene rings is 1. The normalized spacial score (nSPS) is 19.1. The Bertz CT molecular complexity index is 652. The van der Waals surface area contributed by atoms with E-state index in [0.29, 0.717) is 6.10 Å². The van der Waals surface area contributed by atoms with Crippen LogP contribution in [0.3, 0.4) is 0 Å². The molecule has 1 fully saturated rings. The smallest absolute Gasteiger partial charge is 0.0714 e.